The van der Waals surface area contributed by atoms with E-state index in [1.807, 2.05) is 30.3 Å². The largest absolute Gasteiger partial charge is 0.472 e. The molecule has 9 nitrogen and oxygen atoms in total. The Morgan fingerprint density at radius 2 is 1.89 bits per heavy atom. The first kappa shape index (κ1) is 24.3. The van der Waals surface area contributed by atoms with Gasteiger partial charge in [-0.3, -0.25) is 14.4 Å². The van der Waals surface area contributed by atoms with Crippen LogP contribution in [-0.2, 0) is 20.9 Å². The highest BCUT2D eigenvalue weighted by molar-refractivity contribution is 5.94. The Morgan fingerprint density at radius 1 is 1.11 bits per heavy atom. The van der Waals surface area contributed by atoms with Crippen LogP contribution in [0.25, 0.3) is 0 Å². The second-order valence-electron chi connectivity index (χ2n) is 8.83. The third kappa shape index (κ3) is 6.59. The van der Waals surface area contributed by atoms with Gasteiger partial charge >= 0.3 is 0 Å². The van der Waals surface area contributed by atoms with E-state index in [0.717, 1.165) is 31.2 Å². The lowest BCUT2D eigenvalue weighted by atomic mass is 10.0. The number of hydrogen-bond donors (Lipinski definition) is 2. The normalized spacial score (nSPS) is 14.4. The van der Waals surface area contributed by atoms with E-state index in [1.54, 1.807) is 25.3 Å². The molecule has 35 heavy (non-hydrogen) atoms. The molecule has 2 heterocycles. The van der Waals surface area contributed by atoms with E-state index in [-0.39, 0.29) is 43.1 Å². The second kappa shape index (κ2) is 11.5. The van der Waals surface area contributed by atoms with Gasteiger partial charge in [-0.15, -0.1) is 0 Å². The van der Waals surface area contributed by atoms with Crippen molar-refractivity contribution in [2.24, 2.45) is 0 Å². The minimum atomic E-state index is -0.833. The molecule has 1 fully saturated rings. The van der Waals surface area contributed by atoms with E-state index < -0.39 is 6.04 Å². The zero-order chi connectivity index (χ0) is 24.6. The van der Waals surface area contributed by atoms with Crippen LogP contribution < -0.4 is 10.6 Å². The molecule has 4 rings (SSSR count). The second-order valence-corrected chi connectivity index (χ2v) is 8.83. The number of nitrogens with zero attached hydrogens (tertiary/aromatic N) is 2. The van der Waals surface area contributed by atoms with Crippen LogP contribution in [0.1, 0.15) is 61.5 Å². The van der Waals surface area contributed by atoms with E-state index in [4.69, 9.17) is 8.94 Å². The van der Waals surface area contributed by atoms with E-state index >= 15 is 0 Å². The minimum Gasteiger partial charge on any atom is -0.472 e. The highest BCUT2D eigenvalue weighted by Gasteiger charge is 2.33. The monoisotopic (exact) mass is 478 g/mol. The molecule has 0 spiro atoms. The van der Waals surface area contributed by atoms with Gasteiger partial charge in [0.25, 0.3) is 0 Å². The summed E-state index contributed by atoms with van der Waals surface area (Å²) < 4.78 is 10.2. The number of aromatic nitrogens is 1. The van der Waals surface area contributed by atoms with Crippen LogP contribution in [0.5, 0.6) is 0 Å². The number of nitrogens with one attached hydrogen (secondary N) is 2. The summed E-state index contributed by atoms with van der Waals surface area (Å²) in [6, 6.07) is 11.9. The van der Waals surface area contributed by atoms with Gasteiger partial charge in [0.2, 0.25) is 17.7 Å². The lowest BCUT2D eigenvalue weighted by Crippen LogP contribution is -2.46. The van der Waals surface area contributed by atoms with Crippen molar-refractivity contribution in [1.82, 2.24) is 15.4 Å². The maximum Gasteiger partial charge on any atom is 0.247 e. The number of aryl methyl sites for hydroxylation is 1. The van der Waals surface area contributed by atoms with Crippen molar-refractivity contribution < 1.29 is 23.3 Å². The SMILES string of the molecule is Cc1cc(NC(=O)CCC(=O)N(Cc2ccoc2)C(C(=O)NC2CCCC2)c2ccccc2)no1. The van der Waals surface area contributed by atoms with E-state index in [1.165, 1.54) is 11.2 Å². The fourth-order valence-corrected chi connectivity index (χ4v) is 4.36. The first-order valence-corrected chi connectivity index (χ1v) is 11.9. The maximum atomic E-state index is 13.5. The molecule has 1 aromatic carbocycles. The molecule has 3 aromatic rings. The zero-order valence-corrected chi connectivity index (χ0v) is 19.7. The van der Waals surface area contributed by atoms with Crippen molar-refractivity contribution in [2.45, 2.75) is 64.1 Å². The summed E-state index contributed by atoms with van der Waals surface area (Å²) in [6.45, 7) is 1.90. The highest BCUT2D eigenvalue weighted by atomic mass is 16.5. The Kier molecular flexibility index (Phi) is 7.97. The molecule has 1 aliphatic carbocycles. The molecule has 2 aromatic heterocycles. The molecule has 2 N–H and O–H groups in total. The molecule has 0 bridgehead atoms. The number of amides is 3. The Labute approximate surface area is 203 Å². The van der Waals surface area contributed by atoms with Crippen molar-refractivity contribution in [3.63, 3.8) is 0 Å². The Balaban J connectivity index is 1.53. The van der Waals surface area contributed by atoms with Gasteiger partial charge in [-0.05, 0) is 31.4 Å². The average Bonchev–Trinajstić information content (AvgIpc) is 3.62. The third-order valence-electron chi connectivity index (χ3n) is 6.09. The summed E-state index contributed by atoms with van der Waals surface area (Å²) in [4.78, 5) is 41.0. The van der Waals surface area contributed by atoms with Crippen molar-refractivity contribution in [3.05, 3.63) is 71.9 Å². The number of carbonyl (C=O) groups is 3. The lowest BCUT2D eigenvalue weighted by molar-refractivity contribution is -0.142. The molecule has 1 aliphatic rings. The fraction of sp³-hybridized carbons (Fsp3) is 0.385. The van der Waals surface area contributed by atoms with Crippen molar-refractivity contribution in [2.75, 3.05) is 5.32 Å². The molecule has 1 atom stereocenters. The van der Waals surface area contributed by atoms with Crippen LogP contribution in [-0.4, -0.2) is 33.8 Å². The van der Waals surface area contributed by atoms with Gasteiger partial charge < -0.3 is 24.5 Å². The summed E-state index contributed by atoms with van der Waals surface area (Å²) in [5, 5.41) is 9.51. The third-order valence-corrected chi connectivity index (χ3v) is 6.09. The van der Waals surface area contributed by atoms with Gasteiger partial charge in [0.05, 0.1) is 12.5 Å². The van der Waals surface area contributed by atoms with Gasteiger partial charge in [-0.25, -0.2) is 0 Å². The number of rotatable bonds is 10. The van der Waals surface area contributed by atoms with Gasteiger partial charge in [0.1, 0.15) is 11.8 Å². The Morgan fingerprint density at radius 3 is 2.54 bits per heavy atom. The smallest absolute Gasteiger partial charge is 0.247 e. The predicted octanol–water partition coefficient (Wildman–Crippen LogP) is 4.12. The van der Waals surface area contributed by atoms with Crippen LogP contribution in [0.4, 0.5) is 5.82 Å². The van der Waals surface area contributed by atoms with Crippen LogP contribution >= 0.6 is 0 Å². The average molecular weight is 479 g/mol. The van der Waals surface area contributed by atoms with Gasteiger partial charge in [-0.2, -0.15) is 0 Å². The summed E-state index contributed by atoms with van der Waals surface area (Å²) >= 11 is 0. The van der Waals surface area contributed by atoms with Crippen molar-refractivity contribution in [1.29, 1.82) is 0 Å². The molecule has 1 saturated carbocycles. The standard InChI is InChI=1S/C26H30N4O5/c1-18-15-22(29-35-18)28-23(31)11-12-24(32)30(16-19-13-14-34-17-19)25(20-7-3-2-4-8-20)26(33)27-21-9-5-6-10-21/h2-4,7-8,13-15,17,21,25H,5-6,9-12,16H2,1H3,(H,27,33)(H,28,29,31). The van der Waals surface area contributed by atoms with Crippen LogP contribution in [0.3, 0.4) is 0 Å². The van der Waals surface area contributed by atoms with Crippen molar-refractivity contribution in [3.8, 4) is 0 Å². The lowest BCUT2D eigenvalue weighted by Gasteiger charge is -2.32. The molecule has 184 valence electrons. The summed E-state index contributed by atoms with van der Waals surface area (Å²) in [6.07, 6.45) is 6.99. The molecule has 0 radical (unpaired) electrons. The number of furan rings is 1. The summed E-state index contributed by atoms with van der Waals surface area (Å²) in [5.41, 5.74) is 1.47. The van der Waals surface area contributed by atoms with Gasteiger partial charge in [0.15, 0.2) is 5.82 Å². The van der Waals surface area contributed by atoms with E-state index in [2.05, 4.69) is 15.8 Å². The molecule has 0 saturated heterocycles. The van der Waals surface area contributed by atoms with E-state index in [9.17, 15) is 14.4 Å². The fourth-order valence-electron chi connectivity index (χ4n) is 4.36. The van der Waals surface area contributed by atoms with Gasteiger partial charge in [-0.1, -0.05) is 48.3 Å². The number of hydrogen-bond acceptors (Lipinski definition) is 6. The maximum absolute atomic E-state index is 13.5. The van der Waals surface area contributed by atoms with Crippen molar-refractivity contribution >= 4 is 23.5 Å². The first-order valence-electron chi connectivity index (χ1n) is 11.9. The zero-order valence-electron chi connectivity index (χ0n) is 19.7. The number of carbonyl (C=O) groups excluding carboxylic acids is 3. The van der Waals surface area contributed by atoms with Crippen LogP contribution in [0, 0.1) is 6.92 Å². The number of benzene rings is 1. The number of anilines is 1. The van der Waals surface area contributed by atoms with Crippen LogP contribution in [0.15, 0.2) is 63.9 Å². The topological polar surface area (TPSA) is 118 Å². The predicted molar refractivity (Wildman–Crippen MR) is 128 cm³/mol. The molecule has 0 aliphatic heterocycles. The molecule has 1 unspecified atom stereocenters. The van der Waals surface area contributed by atoms with E-state index in [0.29, 0.717) is 17.1 Å². The van der Waals surface area contributed by atoms with Crippen LogP contribution in [0.2, 0.25) is 0 Å². The Bertz CT molecular complexity index is 1120. The molecular formula is C26H30N4O5. The summed E-state index contributed by atoms with van der Waals surface area (Å²) in [7, 11) is 0. The molecular weight excluding hydrogens is 448 g/mol. The quantitative estimate of drug-likeness (QED) is 0.453. The van der Waals surface area contributed by atoms with Gasteiger partial charge in [0, 0.05) is 37.1 Å². The minimum absolute atomic E-state index is 0.0572. The molecule has 9 heteroatoms. The Hall–Kier alpha value is -3.88. The first-order chi connectivity index (χ1) is 17.0. The summed E-state index contributed by atoms with van der Waals surface area (Å²) in [5.74, 6) is -0.0212. The highest BCUT2D eigenvalue weighted by Crippen LogP contribution is 2.27. The molecule has 3 amide bonds.